The number of aromatic nitrogens is 2. The van der Waals surface area contributed by atoms with E-state index in [1.165, 1.54) is 18.2 Å². The zero-order valence-electron chi connectivity index (χ0n) is 18.1. The van der Waals surface area contributed by atoms with Crippen LogP contribution < -0.4 is 5.73 Å². The number of fused-ring (bicyclic) bond motifs is 3. The lowest BCUT2D eigenvalue weighted by Crippen LogP contribution is -2.20. The van der Waals surface area contributed by atoms with E-state index in [1.54, 1.807) is 26.0 Å². The maximum atomic E-state index is 13.5. The van der Waals surface area contributed by atoms with Gasteiger partial charge in [0.05, 0.1) is 32.4 Å². The lowest BCUT2D eigenvalue weighted by atomic mass is 9.98. The van der Waals surface area contributed by atoms with E-state index in [0.29, 0.717) is 46.2 Å². The molecular weight excluding hydrogens is 466 g/mol. The van der Waals surface area contributed by atoms with E-state index in [4.69, 9.17) is 10.3 Å². The highest BCUT2D eigenvalue weighted by Crippen LogP contribution is 2.41. The van der Waals surface area contributed by atoms with Crippen LogP contribution in [0, 0.1) is 13.8 Å². The molecule has 2 N–H and O–H groups in total. The third-order valence-corrected chi connectivity index (χ3v) is 9.32. The van der Waals surface area contributed by atoms with Crippen molar-refractivity contribution in [2.24, 2.45) is 5.73 Å². The fourth-order valence-corrected chi connectivity index (χ4v) is 6.87. The van der Waals surface area contributed by atoms with Crippen molar-refractivity contribution in [3.05, 3.63) is 47.3 Å². The van der Waals surface area contributed by atoms with Gasteiger partial charge in [0, 0.05) is 22.6 Å². The Hall–Kier alpha value is -3.18. The Labute approximate surface area is 190 Å². The fourth-order valence-electron chi connectivity index (χ4n) is 4.32. The molecule has 1 amide bonds. The normalized spacial score (nSPS) is 14.9. The van der Waals surface area contributed by atoms with E-state index in [-0.39, 0.29) is 21.5 Å². The van der Waals surface area contributed by atoms with Gasteiger partial charge in [-0.3, -0.25) is 4.79 Å². The van der Waals surface area contributed by atoms with Gasteiger partial charge in [0.1, 0.15) is 5.76 Å². The van der Waals surface area contributed by atoms with E-state index in [2.05, 4.69) is 5.16 Å². The number of sulfone groups is 1. The molecule has 172 valence electrons. The Bertz CT molecular complexity index is 1690. The molecule has 33 heavy (non-hydrogen) atoms. The first kappa shape index (κ1) is 21.7. The number of rotatable bonds is 5. The van der Waals surface area contributed by atoms with Crippen molar-refractivity contribution in [3.63, 3.8) is 0 Å². The van der Waals surface area contributed by atoms with Crippen molar-refractivity contribution in [1.29, 1.82) is 0 Å². The van der Waals surface area contributed by atoms with Crippen LogP contribution in [0.2, 0.25) is 0 Å². The predicted molar refractivity (Wildman–Crippen MR) is 123 cm³/mol. The molecule has 5 rings (SSSR count). The molecule has 1 saturated carbocycles. The number of carbonyl (C=O) groups is 1. The van der Waals surface area contributed by atoms with Crippen molar-refractivity contribution in [1.82, 2.24) is 9.13 Å². The molecule has 0 saturated heterocycles. The zero-order valence-corrected chi connectivity index (χ0v) is 19.7. The topological polar surface area (TPSA) is 142 Å². The van der Waals surface area contributed by atoms with E-state index >= 15 is 0 Å². The minimum absolute atomic E-state index is 0.0170. The molecule has 0 unspecified atom stereocenters. The minimum atomic E-state index is -3.89. The Balaban J connectivity index is 2.00. The van der Waals surface area contributed by atoms with Gasteiger partial charge in [-0.25, -0.2) is 20.8 Å². The Morgan fingerprint density at radius 2 is 1.79 bits per heavy atom. The third kappa shape index (κ3) is 3.25. The van der Waals surface area contributed by atoms with Gasteiger partial charge in [-0.2, -0.15) is 0 Å². The van der Waals surface area contributed by atoms with Crippen molar-refractivity contribution in [3.8, 4) is 11.1 Å². The average Bonchev–Trinajstić information content (AvgIpc) is 3.47. The molecule has 2 aromatic heterocycles. The fraction of sp³-hybridized carbons (Fsp3) is 0.273. The number of nitrogens with zero attached hydrogens (tertiary/aromatic N) is 2. The largest absolute Gasteiger partial charge is 0.366 e. The van der Waals surface area contributed by atoms with Crippen molar-refractivity contribution in [2.45, 2.75) is 36.8 Å². The maximum absolute atomic E-state index is 13.5. The number of carbonyl (C=O) groups excluding carboxylic acids is 1. The Morgan fingerprint density at radius 3 is 2.33 bits per heavy atom. The summed E-state index contributed by atoms with van der Waals surface area (Å²) in [6.45, 7) is 3.50. The number of hydrogen-bond acceptors (Lipinski definition) is 7. The van der Waals surface area contributed by atoms with Crippen LogP contribution in [0.1, 0.15) is 34.7 Å². The van der Waals surface area contributed by atoms with Crippen LogP contribution in [0.3, 0.4) is 0 Å². The highest BCUT2D eigenvalue weighted by atomic mass is 32.2. The lowest BCUT2D eigenvalue weighted by molar-refractivity contribution is 0.100. The lowest BCUT2D eigenvalue weighted by Gasteiger charge is -2.11. The molecule has 1 aliphatic rings. The van der Waals surface area contributed by atoms with Gasteiger partial charge in [-0.15, -0.1) is 0 Å². The first-order valence-corrected chi connectivity index (χ1v) is 13.6. The van der Waals surface area contributed by atoms with Crippen LogP contribution in [-0.4, -0.2) is 43.4 Å². The standard InChI is InChI=1S/C22H21N3O6S2/c1-11-20(12(2)31-24-11)13-8-17-16-7-6-15(32(3,27)28)10-19(16)25(33(29,30)14-4-5-14)21(17)18(9-13)22(23)26/h6-10,14H,4-5H2,1-3H3,(H2,23,26). The quantitative estimate of drug-likeness (QED) is 0.456. The first-order valence-electron chi connectivity index (χ1n) is 10.2. The third-order valence-electron chi connectivity index (χ3n) is 6.01. The molecule has 1 aliphatic carbocycles. The van der Waals surface area contributed by atoms with Gasteiger partial charge in [0.25, 0.3) is 5.91 Å². The van der Waals surface area contributed by atoms with Crippen LogP contribution in [0.4, 0.5) is 0 Å². The summed E-state index contributed by atoms with van der Waals surface area (Å²) in [6, 6.07) is 7.62. The van der Waals surface area contributed by atoms with Gasteiger partial charge in [-0.1, -0.05) is 11.2 Å². The summed E-state index contributed by atoms with van der Waals surface area (Å²) in [5, 5.41) is 4.34. The smallest absolute Gasteiger partial charge is 0.250 e. The van der Waals surface area contributed by atoms with E-state index < -0.39 is 31.0 Å². The molecule has 2 heterocycles. The van der Waals surface area contributed by atoms with Crippen LogP contribution in [0.5, 0.6) is 0 Å². The van der Waals surface area contributed by atoms with Crippen LogP contribution in [0.25, 0.3) is 32.9 Å². The molecule has 0 radical (unpaired) electrons. The minimum Gasteiger partial charge on any atom is -0.366 e. The van der Waals surface area contributed by atoms with Crippen molar-refractivity contribution >= 4 is 47.6 Å². The van der Waals surface area contributed by atoms with E-state index in [9.17, 15) is 21.6 Å². The van der Waals surface area contributed by atoms with E-state index in [1.807, 2.05) is 0 Å². The van der Waals surface area contributed by atoms with Gasteiger partial charge < -0.3 is 10.3 Å². The molecule has 2 aromatic carbocycles. The second-order valence-corrected chi connectivity index (χ2v) is 12.5. The van der Waals surface area contributed by atoms with E-state index in [0.717, 1.165) is 10.2 Å². The summed E-state index contributed by atoms with van der Waals surface area (Å²) in [6.07, 6.45) is 2.05. The summed E-state index contributed by atoms with van der Waals surface area (Å²) in [4.78, 5) is 12.5. The summed E-state index contributed by atoms with van der Waals surface area (Å²) < 4.78 is 57.7. The van der Waals surface area contributed by atoms with Gasteiger partial charge in [0.15, 0.2) is 9.84 Å². The maximum Gasteiger partial charge on any atom is 0.250 e. The Morgan fingerprint density at radius 1 is 1.09 bits per heavy atom. The molecule has 0 aliphatic heterocycles. The number of primary amides is 1. The average molecular weight is 488 g/mol. The molecular formula is C22H21N3O6S2. The molecule has 0 bridgehead atoms. The SMILES string of the molecule is Cc1noc(C)c1-c1cc(C(N)=O)c2c(c1)c1ccc(S(C)(=O)=O)cc1n2S(=O)(=O)C1CC1. The summed E-state index contributed by atoms with van der Waals surface area (Å²) >= 11 is 0. The van der Waals surface area contributed by atoms with Gasteiger partial charge in [-0.05, 0) is 56.5 Å². The van der Waals surface area contributed by atoms with Gasteiger partial charge in [0.2, 0.25) is 10.0 Å². The van der Waals surface area contributed by atoms with Crippen LogP contribution in [0.15, 0.2) is 39.8 Å². The number of amides is 1. The van der Waals surface area contributed by atoms with Crippen LogP contribution in [-0.2, 0) is 19.9 Å². The molecule has 9 nitrogen and oxygen atoms in total. The number of benzene rings is 2. The highest BCUT2D eigenvalue weighted by Gasteiger charge is 2.39. The summed E-state index contributed by atoms with van der Waals surface area (Å²) in [5.74, 6) is -0.261. The number of nitrogens with two attached hydrogens (primary N) is 1. The van der Waals surface area contributed by atoms with Crippen LogP contribution >= 0.6 is 0 Å². The molecule has 11 heteroatoms. The van der Waals surface area contributed by atoms with Crippen molar-refractivity contribution < 1.29 is 26.2 Å². The number of aryl methyl sites for hydroxylation is 2. The summed E-state index contributed by atoms with van der Waals surface area (Å²) in [5.41, 5.74) is 7.96. The highest BCUT2D eigenvalue weighted by molar-refractivity contribution is 7.91. The second-order valence-electron chi connectivity index (χ2n) is 8.44. The predicted octanol–water partition coefficient (Wildman–Crippen LogP) is 2.91. The second kappa shape index (κ2) is 6.91. The molecule has 4 aromatic rings. The summed E-state index contributed by atoms with van der Waals surface area (Å²) in [7, 11) is -7.49. The first-order chi connectivity index (χ1) is 15.4. The molecule has 0 atom stereocenters. The molecule has 1 fully saturated rings. The monoisotopic (exact) mass is 487 g/mol. The molecule has 0 spiro atoms. The number of hydrogen-bond donors (Lipinski definition) is 1. The Kier molecular flexibility index (Phi) is 4.53. The van der Waals surface area contributed by atoms with Crippen molar-refractivity contribution in [2.75, 3.05) is 6.26 Å². The zero-order chi connectivity index (χ0) is 23.9. The van der Waals surface area contributed by atoms with Gasteiger partial charge >= 0.3 is 0 Å².